The first-order valence-corrected chi connectivity index (χ1v) is 7.43. The van der Waals surface area contributed by atoms with Crippen LogP contribution >= 0.6 is 11.8 Å². The summed E-state index contributed by atoms with van der Waals surface area (Å²) in [6.07, 6.45) is 2.20. The number of carbonyl (C=O) groups excluding carboxylic acids is 1. The molecule has 0 radical (unpaired) electrons. The van der Waals surface area contributed by atoms with Crippen molar-refractivity contribution in [1.29, 1.82) is 0 Å². The van der Waals surface area contributed by atoms with E-state index in [-0.39, 0.29) is 5.91 Å². The molecule has 0 spiro atoms. The zero-order chi connectivity index (χ0) is 12.4. The normalized spacial score (nSPS) is 24.4. The Hall–Kier alpha value is -1.00. The average molecular weight is 262 g/mol. The summed E-state index contributed by atoms with van der Waals surface area (Å²) in [5.41, 5.74) is 1.46. The molecule has 1 fully saturated rings. The molecule has 0 bridgehead atoms. The van der Waals surface area contributed by atoms with Crippen LogP contribution in [0.5, 0.6) is 0 Å². The van der Waals surface area contributed by atoms with Crippen LogP contribution in [0.15, 0.2) is 29.2 Å². The molecule has 1 amide bonds. The smallest absolute Gasteiger partial charge is 0.234 e. The van der Waals surface area contributed by atoms with Gasteiger partial charge in [0, 0.05) is 29.8 Å². The summed E-state index contributed by atoms with van der Waals surface area (Å²) < 4.78 is 0. The zero-order valence-electron chi connectivity index (χ0n) is 10.4. The molecular formula is C14H18N2OS. The molecule has 96 valence electrons. The fourth-order valence-corrected chi connectivity index (χ4v) is 4.04. The number of nitrogens with one attached hydrogen (secondary N) is 1. The van der Waals surface area contributed by atoms with Crippen molar-refractivity contribution in [1.82, 2.24) is 10.2 Å². The van der Waals surface area contributed by atoms with Gasteiger partial charge in [-0.1, -0.05) is 18.2 Å². The van der Waals surface area contributed by atoms with Crippen molar-refractivity contribution in [2.45, 2.75) is 23.0 Å². The molecule has 1 aromatic rings. The largest absolute Gasteiger partial charge is 0.355 e. The van der Waals surface area contributed by atoms with Gasteiger partial charge in [0.25, 0.3) is 0 Å². The Balaban J connectivity index is 1.60. The van der Waals surface area contributed by atoms with Gasteiger partial charge in [-0.05, 0) is 24.5 Å². The van der Waals surface area contributed by atoms with E-state index < -0.39 is 0 Å². The summed E-state index contributed by atoms with van der Waals surface area (Å²) in [5.74, 6) is 0.174. The topological polar surface area (TPSA) is 32.3 Å². The second kappa shape index (κ2) is 5.33. The zero-order valence-corrected chi connectivity index (χ0v) is 11.2. The van der Waals surface area contributed by atoms with E-state index in [1.54, 1.807) is 0 Å². The lowest BCUT2D eigenvalue weighted by molar-refractivity contribution is -0.121. The molecule has 1 atom stereocenters. The molecule has 0 aliphatic carbocycles. The fraction of sp³-hybridized carbons (Fsp3) is 0.500. The molecule has 1 saturated heterocycles. The molecule has 1 N–H and O–H groups in total. The molecule has 4 heteroatoms. The predicted octanol–water partition coefficient (Wildman–Crippen LogP) is 1.53. The van der Waals surface area contributed by atoms with Gasteiger partial charge in [-0.25, -0.2) is 0 Å². The molecule has 1 aromatic carbocycles. The summed E-state index contributed by atoms with van der Waals surface area (Å²) in [5, 5.41) is 3.53. The first-order valence-electron chi connectivity index (χ1n) is 6.55. The van der Waals surface area contributed by atoms with E-state index in [1.165, 1.54) is 10.5 Å². The van der Waals surface area contributed by atoms with Gasteiger partial charge in [0.15, 0.2) is 0 Å². The van der Waals surface area contributed by atoms with Crippen LogP contribution < -0.4 is 5.32 Å². The van der Waals surface area contributed by atoms with E-state index in [4.69, 9.17) is 0 Å². The first kappa shape index (κ1) is 12.1. The van der Waals surface area contributed by atoms with E-state index in [9.17, 15) is 4.79 Å². The Kier molecular flexibility index (Phi) is 3.57. The number of hydrogen-bond donors (Lipinski definition) is 1. The molecule has 3 rings (SSSR count). The highest BCUT2D eigenvalue weighted by Gasteiger charge is 2.25. The van der Waals surface area contributed by atoms with E-state index in [0.717, 1.165) is 32.5 Å². The molecule has 1 unspecified atom stereocenters. The van der Waals surface area contributed by atoms with E-state index in [1.807, 2.05) is 11.8 Å². The second-order valence-corrected chi connectivity index (χ2v) is 6.33. The minimum absolute atomic E-state index is 0.174. The van der Waals surface area contributed by atoms with Crippen molar-refractivity contribution in [3.05, 3.63) is 29.8 Å². The number of rotatable bonds is 2. The minimum atomic E-state index is 0.174. The van der Waals surface area contributed by atoms with Crippen LogP contribution in [0.25, 0.3) is 0 Å². The van der Waals surface area contributed by atoms with Crippen LogP contribution in [-0.2, 0) is 11.2 Å². The Morgan fingerprint density at radius 1 is 1.39 bits per heavy atom. The Labute approximate surface area is 112 Å². The predicted molar refractivity (Wildman–Crippen MR) is 73.9 cm³/mol. The standard InChI is InChI=1S/C14H18N2OS/c17-14-10-16(7-3-6-15-14)9-12-8-11-4-1-2-5-13(11)18-12/h1-2,4-5,12H,3,6-10H2,(H,15,17). The van der Waals surface area contributed by atoms with Crippen LogP contribution in [0.3, 0.4) is 0 Å². The lowest BCUT2D eigenvalue weighted by atomic mass is 10.1. The number of benzene rings is 1. The second-order valence-electron chi connectivity index (χ2n) is 4.99. The molecule has 2 aliphatic heterocycles. The Bertz CT molecular complexity index is 424. The number of fused-ring (bicyclic) bond motifs is 1. The first-order chi connectivity index (χ1) is 8.81. The van der Waals surface area contributed by atoms with E-state index in [2.05, 4.69) is 34.5 Å². The SMILES string of the molecule is O=C1CN(CC2Cc3ccccc3S2)CCCN1. The van der Waals surface area contributed by atoms with Crippen molar-refractivity contribution >= 4 is 17.7 Å². The highest BCUT2D eigenvalue weighted by atomic mass is 32.2. The van der Waals surface area contributed by atoms with Crippen molar-refractivity contribution in [3.63, 3.8) is 0 Å². The van der Waals surface area contributed by atoms with Crippen LogP contribution in [0.1, 0.15) is 12.0 Å². The highest BCUT2D eigenvalue weighted by molar-refractivity contribution is 8.00. The van der Waals surface area contributed by atoms with Gasteiger partial charge in [0.05, 0.1) is 6.54 Å². The van der Waals surface area contributed by atoms with Crippen molar-refractivity contribution in [2.24, 2.45) is 0 Å². The molecule has 2 heterocycles. The number of thioether (sulfide) groups is 1. The third kappa shape index (κ3) is 2.70. The molecule has 0 aromatic heterocycles. The summed E-state index contributed by atoms with van der Waals surface area (Å²) >= 11 is 1.96. The quantitative estimate of drug-likeness (QED) is 0.877. The van der Waals surface area contributed by atoms with Crippen molar-refractivity contribution in [3.8, 4) is 0 Å². The van der Waals surface area contributed by atoms with Gasteiger partial charge in [0.1, 0.15) is 0 Å². The van der Waals surface area contributed by atoms with Crippen LogP contribution in [0.4, 0.5) is 0 Å². The van der Waals surface area contributed by atoms with Gasteiger partial charge < -0.3 is 5.32 Å². The van der Waals surface area contributed by atoms with Crippen molar-refractivity contribution < 1.29 is 4.79 Å². The minimum Gasteiger partial charge on any atom is -0.355 e. The van der Waals surface area contributed by atoms with Crippen LogP contribution in [0.2, 0.25) is 0 Å². The molecule has 18 heavy (non-hydrogen) atoms. The van der Waals surface area contributed by atoms with Gasteiger partial charge in [-0.3, -0.25) is 9.69 Å². The summed E-state index contributed by atoms with van der Waals surface area (Å²) in [6, 6.07) is 8.64. The maximum Gasteiger partial charge on any atom is 0.234 e. The van der Waals surface area contributed by atoms with Crippen LogP contribution in [-0.4, -0.2) is 42.2 Å². The molecule has 0 saturated carbocycles. The van der Waals surface area contributed by atoms with E-state index in [0.29, 0.717) is 11.8 Å². The highest BCUT2D eigenvalue weighted by Crippen LogP contribution is 2.37. The third-order valence-corrected chi connectivity index (χ3v) is 4.82. The lowest BCUT2D eigenvalue weighted by Crippen LogP contribution is -2.36. The van der Waals surface area contributed by atoms with Gasteiger partial charge >= 0.3 is 0 Å². The number of nitrogens with zero attached hydrogens (tertiary/aromatic N) is 1. The summed E-state index contributed by atoms with van der Waals surface area (Å²) in [6.45, 7) is 3.44. The van der Waals surface area contributed by atoms with Gasteiger partial charge in [-0.2, -0.15) is 0 Å². The number of hydrogen-bond acceptors (Lipinski definition) is 3. The number of carbonyl (C=O) groups is 1. The molecule has 3 nitrogen and oxygen atoms in total. The van der Waals surface area contributed by atoms with Crippen molar-refractivity contribution in [2.75, 3.05) is 26.2 Å². The van der Waals surface area contributed by atoms with Gasteiger partial charge in [-0.15, -0.1) is 11.8 Å². The fourth-order valence-electron chi connectivity index (χ4n) is 2.67. The summed E-state index contributed by atoms with van der Waals surface area (Å²) in [7, 11) is 0. The Morgan fingerprint density at radius 2 is 2.28 bits per heavy atom. The maximum atomic E-state index is 11.5. The molecular weight excluding hydrogens is 244 g/mol. The number of amides is 1. The third-order valence-electron chi connectivity index (χ3n) is 3.52. The van der Waals surface area contributed by atoms with Crippen LogP contribution in [0, 0.1) is 0 Å². The maximum absolute atomic E-state index is 11.5. The monoisotopic (exact) mass is 262 g/mol. The lowest BCUT2D eigenvalue weighted by Gasteiger charge is -2.21. The summed E-state index contributed by atoms with van der Waals surface area (Å²) in [4.78, 5) is 15.2. The average Bonchev–Trinajstić information content (AvgIpc) is 2.65. The van der Waals surface area contributed by atoms with Gasteiger partial charge in [0.2, 0.25) is 5.91 Å². The molecule has 2 aliphatic rings. The Morgan fingerprint density at radius 3 is 3.17 bits per heavy atom. The van der Waals surface area contributed by atoms with E-state index >= 15 is 0 Å².